The Labute approximate surface area is 172 Å². The van der Waals surface area contributed by atoms with E-state index in [0.29, 0.717) is 0 Å². The Bertz CT molecular complexity index is 906. The highest BCUT2D eigenvalue weighted by Gasteiger charge is 2.16. The van der Waals surface area contributed by atoms with Crippen LogP contribution < -0.4 is 9.64 Å². The number of hydrogen-bond donors (Lipinski definition) is 0. The maximum atomic E-state index is 6.11. The zero-order chi connectivity index (χ0) is 19.2. The lowest BCUT2D eigenvalue weighted by Gasteiger charge is -2.36. The molecule has 3 aromatic rings. The Morgan fingerprint density at radius 1 is 0.786 bits per heavy atom. The topological polar surface area (TPSA) is 15.7 Å². The molecule has 1 fully saturated rings. The van der Waals surface area contributed by atoms with Crippen molar-refractivity contribution in [1.29, 1.82) is 0 Å². The van der Waals surface area contributed by atoms with E-state index >= 15 is 0 Å². The summed E-state index contributed by atoms with van der Waals surface area (Å²) in [6, 6.07) is 22.9. The second-order valence-corrected chi connectivity index (χ2v) is 7.81. The van der Waals surface area contributed by atoms with E-state index in [-0.39, 0.29) is 0 Å². The Kier molecular flexibility index (Phi) is 6.35. The number of fused-ring (bicyclic) bond motifs is 1. The highest BCUT2D eigenvalue weighted by atomic mass is 35.5. The minimum Gasteiger partial charge on any atom is -0.494 e. The fraction of sp³-hybridized carbons (Fsp3) is 0.333. The first-order chi connectivity index (χ1) is 13.8. The zero-order valence-electron chi connectivity index (χ0n) is 16.2. The molecule has 1 aliphatic rings. The molecule has 0 aromatic heterocycles. The number of nitrogens with zero attached hydrogens (tertiary/aromatic N) is 2. The standard InChI is InChI=1S/C24H27ClN2O/c25-22-8-5-9-23(19-22)27-15-13-26(14-16-27)12-3-4-17-28-24-11-10-20-6-1-2-7-21(20)18-24/h1-2,5-11,18-19H,3-4,12-17H2. The molecular formula is C24H27ClN2O. The smallest absolute Gasteiger partial charge is 0.119 e. The van der Waals surface area contributed by atoms with Gasteiger partial charge in [0.1, 0.15) is 5.75 Å². The number of rotatable bonds is 7. The molecule has 0 saturated carbocycles. The molecule has 3 nitrogen and oxygen atoms in total. The minimum absolute atomic E-state index is 0.779. The largest absolute Gasteiger partial charge is 0.494 e. The zero-order valence-corrected chi connectivity index (χ0v) is 16.9. The van der Waals surface area contributed by atoms with Crippen LogP contribution in [0.5, 0.6) is 5.75 Å². The summed E-state index contributed by atoms with van der Waals surface area (Å²) >= 11 is 6.11. The summed E-state index contributed by atoms with van der Waals surface area (Å²) in [5.41, 5.74) is 1.23. The maximum absolute atomic E-state index is 6.11. The van der Waals surface area contributed by atoms with Gasteiger partial charge in [0.15, 0.2) is 0 Å². The SMILES string of the molecule is Clc1cccc(N2CCN(CCCCOc3ccc4ccccc4c3)CC2)c1. The average Bonchev–Trinajstić information content (AvgIpc) is 2.74. The highest BCUT2D eigenvalue weighted by molar-refractivity contribution is 6.30. The number of ether oxygens (including phenoxy) is 1. The molecule has 0 bridgehead atoms. The summed E-state index contributed by atoms with van der Waals surface area (Å²) in [7, 11) is 0. The second kappa shape index (κ2) is 9.31. The van der Waals surface area contributed by atoms with E-state index < -0.39 is 0 Å². The Balaban J connectivity index is 1.15. The molecular weight excluding hydrogens is 368 g/mol. The average molecular weight is 395 g/mol. The molecule has 1 heterocycles. The van der Waals surface area contributed by atoms with Crippen LogP contribution in [0.25, 0.3) is 10.8 Å². The summed E-state index contributed by atoms with van der Waals surface area (Å²) in [6.07, 6.45) is 2.26. The lowest BCUT2D eigenvalue weighted by atomic mass is 10.1. The fourth-order valence-electron chi connectivity index (χ4n) is 3.79. The summed E-state index contributed by atoms with van der Waals surface area (Å²) < 4.78 is 5.95. The number of benzene rings is 3. The summed E-state index contributed by atoms with van der Waals surface area (Å²) in [6.45, 7) is 6.27. The van der Waals surface area contributed by atoms with Crippen molar-refractivity contribution in [3.8, 4) is 5.75 Å². The number of piperazine rings is 1. The van der Waals surface area contributed by atoms with Crippen LogP contribution >= 0.6 is 11.6 Å². The molecule has 0 unspecified atom stereocenters. The summed E-state index contributed by atoms with van der Waals surface area (Å²) in [4.78, 5) is 4.97. The number of anilines is 1. The van der Waals surface area contributed by atoms with E-state index in [4.69, 9.17) is 16.3 Å². The molecule has 1 aliphatic heterocycles. The van der Waals surface area contributed by atoms with Crippen LogP contribution in [0, 0.1) is 0 Å². The Morgan fingerprint density at radius 2 is 1.61 bits per heavy atom. The first-order valence-corrected chi connectivity index (χ1v) is 10.5. The normalized spacial score (nSPS) is 15.1. The second-order valence-electron chi connectivity index (χ2n) is 7.37. The Hall–Kier alpha value is -2.23. The third-order valence-electron chi connectivity index (χ3n) is 5.40. The molecule has 28 heavy (non-hydrogen) atoms. The number of halogens is 1. The van der Waals surface area contributed by atoms with Crippen molar-refractivity contribution < 1.29 is 4.74 Å². The van der Waals surface area contributed by atoms with Crippen molar-refractivity contribution in [3.05, 3.63) is 71.8 Å². The minimum atomic E-state index is 0.779. The van der Waals surface area contributed by atoms with Gasteiger partial charge in [-0.3, -0.25) is 4.90 Å². The van der Waals surface area contributed by atoms with Crippen LogP contribution in [0.2, 0.25) is 5.02 Å². The van der Waals surface area contributed by atoms with Crippen molar-refractivity contribution in [3.63, 3.8) is 0 Å². The van der Waals surface area contributed by atoms with E-state index in [0.717, 1.165) is 56.5 Å². The Morgan fingerprint density at radius 3 is 2.43 bits per heavy atom. The third kappa shape index (κ3) is 4.98. The first-order valence-electron chi connectivity index (χ1n) is 10.1. The van der Waals surface area contributed by atoms with Crippen LogP contribution in [0.4, 0.5) is 5.69 Å². The van der Waals surface area contributed by atoms with Crippen molar-refractivity contribution >= 4 is 28.1 Å². The van der Waals surface area contributed by atoms with Crippen LogP contribution in [-0.2, 0) is 0 Å². The highest BCUT2D eigenvalue weighted by Crippen LogP contribution is 2.22. The van der Waals surface area contributed by atoms with Gasteiger partial charge in [-0.15, -0.1) is 0 Å². The van der Waals surface area contributed by atoms with E-state index in [1.54, 1.807) is 0 Å². The third-order valence-corrected chi connectivity index (χ3v) is 5.64. The predicted octanol–water partition coefficient (Wildman–Crippen LogP) is 5.47. The molecule has 0 radical (unpaired) electrons. The van der Waals surface area contributed by atoms with Gasteiger partial charge in [0.2, 0.25) is 0 Å². The van der Waals surface area contributed by atoms with E-state index in [9.17, 15) is 0 Å². The van der Waals surface area contributed by atoms with Crippen molar-refractivity contribution in [2.24, 2.45) is 0 Å². The van der Waals surface area contributed by atoms with Crippen LogP contribution in [0.1, 0.15) is 12.8 Å². The lowest BCUT2D eigenvalue weighted by molar-refractivity contribution is 0.238. The molecule has 3 aromatic carbocycles. The van der Waals surface area contributed by atoms with Crippen LogP contribution in [0.15, 0.2) is 66.7 Å². The van der Waals surface area contributed by atoms with Gasteiger partial charge in [0.25, 0.3) is 0 Å². The lowest BCUT2D eigenvalue weighted by Crippen LogP contribution is -2.46. The number of unbranched alkanes of at least 4 members (excludes halogenated alkanes) is 1. The fourth-order valence-corrected chi connectivity index (χ4v) is 3.97. The first kappa shape index (κ1) is 19.1. The van der Waals surface area contributed by atoms with E-state index in [2.05, 4.69) is 64.4 Å². The molecule has 4 rings (SSSR count). The molecule has 0 aliphatic carbocycles. The van der Waals surface area contributed by atoms with Gasteiger partial charge < -0.3 is 9.64 Å². The van der Waals surface area contributed by atoms with Crippen LogP contribution in [-0.4, -0.2) is 44.2 Å². The van der Waals surface area contributed by atoms with Crippen molar-refractivity contribution in [2.45, 2.75) is 12.8 Å². The monoisotopic (exact) mass is 394 g/mol. The molecule has 0 spiro atoms. The van der Waals surface area contributed by atoms with E-state index in [1.807, 2.05) is 12.1 Å². The molecule has 146 valence electrons. The summed E-state index contributed by atoms with van der Waals surface area (Å²) in [5, 5.41) is 3.30. The van der Waals surface area contributed by atoms with Crippen molar-refractivity contribution in [2.75, 3.05) is 44.2 Å². The molecule has 1 saturated heterocycles. The van der Waals surface area contributed by atoms with Gasteiger partial charge in [-0.25, -0.2) is 0 Å². The predicted molar refractivity (Wildman–Crippen MR) is 119 cm³/mol. The van der Waals surface area contributed by atoms with Gasteiger partial charge in [-0.1, -0.05) is 48.0 Å². The molecule has 0 N–H and O–H groups in total. The number of hydrogen-bond acceptors (Lipinski definition) is 3. The molecule has 0 amide bonds. The quantitative estimate of drug-likeness (QED) is 0.494. The maximum Gasteiger partial charge on any atom is 0.119 e. The van der Waals surface area contributed by atoms with Gasteiger partial charge in [-0.2, -0.15) is 0 Å². The van der Waals surface area contributed by atoms with Gasteiger partial charge in [0, 0.05) is 36.9 Å². The molecule has 4 heteroatoms. The van der Waals surface area contributed by atoms with Gasteiger partial charge in [-0.05, 0) is 60.5 Å². The van der Waals surface area contributed by atoms with Crippen molar-refractivity contribution in [1.82, 2.24) is 4.90 Å². The van der Waals surface area contributed by atoms with E-state index in [1.165, 1.54) is 22.9 Å². The van der Waals surface area contributed by atoms with Gasteiger partial charge in [0.05, 0.1) is 6.61 Å². The van der Waals surface area contributed by atoms with Gasteiger partial charge >= 0.3 is 0 Å². The van der Waals surface area contributed by atoms with Crippen LogP contribution in [0.3, 0.4) is 0 Å². The molecule has 0 atom stereocenters. The summed E-state index contributed by atoms with van der Waals surface area (Å²) in [5.74, 6) is 0.967.